The number of likely N-dealkylation sites (tertiary alicyclic amines) is 1. The average Bonchev–Trinajstić information content (AvgIpc) is 2.09. The molecule has 3 heteroatoms. The topological polar surface area (TPSA) is 47.3 Å². The van der Waals surface area contributed by atoms with E-state index in [9.17, 15) is 5.11 Å². The minimum absolute atomic E-state index is 0.148. The Hall–Kier alpha value is -0.590. The third-order valence-corrected chi connectivity index (χ3v) is 2.60. The lowest BCUT2D eigenvalue weighted by atomic mass is 9.92. The van der Waals surface area contributed by atoms with Crippen LogP contribution in [0.25, 0.3) is 0 Å². The lowest BCUT2D eigenvalue weighted by Crippen LogP contribution is -2.42. The third-order valence-electron chi connectivity index (χ3n) is 2.60. The number of aliphatic hydroxyl groups is 1. The van der Waals surface area contributed by atoms with Gasteiger partial charge in [-0.1, -0.05) is 6.92 Å². The van der Waals surface area contributed by atoms with E-state index in [1.54, 1.807) is 0 Å². The van der Waals surface area contributed by atoms with Crippen molar-refractivity contribution in [2.45, 2.75) is 25.9 Å². The number of rotatable bonds is 2. The summed E-state index contributed by atoms with van der Waals surface area (Å²) in [5.74, 6) is 0.368. The molecule has 1 aliphatic heterocycles. The van der Waals surface area contributed by atoms with Gasteiger partial charge in [-0.2, -0.15) is 5.26 Å². The van der Waals surface area contributed by atoms with Crippen LogP contribution >= 0.6 is 0 Å². The molecule has 1 rings (SSSR count). The largest absolute Gasteiger partial charge is 0.393 e. The summed E-state index contributed by atoms with van der Waals surface area (Å²) in [4.78, 5) is 2.11. The number of aliphatic hydroxyl groups excluding tert-OH is 1. The monoisotopic (exact) mass is 168 g/mol. The van der Waals surface area contributed by atoms with Gasteiger partial charge in [0.2, 0.25) is 0 Å². The molecule has 2 atom stereocenters. The predicted molar refractivity (Wildman–Crippen MR) is 46.5 cm³/mol. The Kier molecular flexibility index (Phi) is 3.51. The highest BCUT2D eigenvalue weighted by Gasteiger charge is 2.25. The van der Waals surface area contributed by atoms with Crippen molar-refractivity contribution in [1.29, 1.82) is 5.26 Å². The van der Waals surface area contributed by atoms with Crippen molar-refractivity contribution in [1.82, 2.24) is 4.90 Å². The zero-order valence-corrected chi connectivity index (χ0v) is 7.53. The molecular formula is C9H16N2O. The third kappa shape index (κ3) is 2.20. The zero-order valence-electron chi connectivity index (χ0n) is 7.53. The first-order valence-corrected chi connectivity index (χ1v) is 4.55. The minimum atomic E-state index is -0.148. The first-order valence-electron chi connectivity index (χ1n) is 4.55. The van der Waals surface area contributed by atoms with Crippen LogP contribution in [-0.4, -0.2) is 35.7 Å². The highest BCUT2D eigenvalue weighted by Crippen LogP contribution is 2.19. The van der Waals surface area contributed by atoms with Gasteiger partial charge in [-0.15, -0.1) is 0 Å². The molecule has 0 aromatic rings. The first kappa shape index (κ1) is 9.50. The number of hydrogen-bond donors (Lipinski definition) is 1. The van der Waals surface area contributed by atoms with Crippen LogP contribution in [0.15, 0.2) is 0 Å². The van der Waals surface area contributed by atoms with Gasteiger partial charge >= 0.3 is 0 Å². The van der Waals surface area contributed by atoms with Crippen LogP contribution in [0.3, 0.4) is 0 Å². The highest BCUT2D eigenvalue weighted by atomic mass is 16.3. The number of nitrogens with zero attached hydrogens (tertiary/aromatic N) is 2. The van der Waals surface area contributed by atoms with Gasteiger partial charge in [-0.3, -0.25) is 4.90 Å². The average molecular weight is 168 g/mol. The van der Waals surface area contributed by atoms with E-state index in [0.29, 0.717) is 12.5 Å². The van der Waals surface area contributed by atoms with Crippen LogP contribution in [0.1, 0.15) is 19.8 Å². The van der Waals surface area contributed by atoms with Crippen molar-refractivity contribution in [3.63, 3.8) is 0 Å². The fourth-order valence-electron chi connectivity index (χ4n) is 1.74. The van der Waals surface area contributed by atoms with Crippen molar-refractivity contribution < 1.29 is 5.11 Å². The Bertz CT molecular complexity index is 176. The molecule has 68 valence electrons. The summed E-state index contributed by atoms with van der Waals surface area (Å²) in [5.41, 5.74) is 0. The SMILES string of the molecule is CCC1CN(CC#N)CCC1O. The molecule has 2 unspecified atom stereocenters. The second-order valence-corrected chi connectivity index (χ2v) is 3.42. The first-order chi connectivity index (χ1) is 5.77. The fourth-order valence-corrected chi connectivity index (χ4v) is 1.74. The van der Waals surface area contributed by atoms with E-state index in [0.717, 1.165) is 25.9 Å². The quantitative estimate of drug-likeness (QED) is 0.614. The molecule has 1 saturated heterocycles. The Labute approximate surface area is 73.6 Å². The molecule has 0 radical (unpaired) electrons. The van der Waals surface area contributed by atoms with Crippen molar-refractivity contribution in [2.75, 3.05) is 19.6 Å². The van der Waals surface area contributed by atoms with E-state index in [1.807, 2.05) is 0 Å². The van der Waals surface area contributed by atoms with Crippen LogP contribution in [0.5, 0.6) is 0 Å². The number of hydrogen-bond acceptors (Lipinski definition) is 3. The van der Waals surface area contributed by atoms with Crippen LogP contribution < -0.4 is 0 Å². The lowest BCUT2D eigenvalue weighted by molar-refractivity contribution is 0.0300. The maximum Gasteiger partial charge on any atom is 0.0866 e. The fraction of sp³-hybridized carbons (Fsp3) is 0.889. The predicted octanol–water partition coefficient (Wildman–Crippen LogP) is 0.603. The molecule has 0 amide bonds. The molecular weight excluding hydrogens is 152 g/mol. The molecule has 0 spiro atoms. The maximum atomic E-state index is 9.55. The molecule has 1 heterocycles. The van der Waals surface area contributed by atoms with Crippen molar-refractivity contribution in [3.8, 4) is 6.07 Å². The summed E-state index contributed by atoms with van der Waals surface area (Å²) in [6.45, 7) is 4.34. The van der Waals surface area contributed by atoms with E-state index in [2.05, 4.69) is 17.9 Å². The van der Waals surface area contributed by atoms with Crippen molar-refractivity contribution >= 4 is 0 Å². The molecule has 3 nitrogen and oxygen atoms in total. The van der Waals surface area contributed by atoms with Crippen LogP contribution in [0.4, 0.5) is 0 Å². The molecule has 1 fully saturated rings. The normalized spacial score (nSPS) is 31.4. The van der Waals surface area contributed by atoms with Crippen LogP contribution in [0.2, 0.25) is 0 Å². The van der Waals surface area contributed by atoms with Crippen molar-refractivity contribution in [3.05, 3.63) is 0 Å². The Balaban J connectivity index is 2.39. The molecule has 1 aliphatic rings. The summed E-state index contributed by atoms with van der Waals surface area (Å²) in [5, 5.41) is 18.0. The Morgan fingerprint density at radius 1 is 1.67 bits per heavy atom. The van der Waals surface area contributed by atoms with E-state index >= 15 is 0 Å². The van der Waals surface area contributed by atoms with Gasteiger partial charge in [-0.05, 0) is 18.8 Å². The molecule has 0 aromatic heterocycles. The summed E-state index contributed by atoms with van der Waals surface area (Å²) in [6.07, 6.45) is 1.67. The molecule has 12 heavy (non-hydrogen) atoms. The molecule has 0 bridgehead atoms. The summed E-state index contributed by atoms with van der Waals surface area (Å²) in [6, 6.07) is 2.14. The van der Waals surface area contributed by atoms with Gasteiger partial charge in [0.15, 0.2) is 0 Å². The Morgan fingerprint density at radius 2 is 2.42 bits per heavy atom. The molecule has 0 aromatic carbocycles. The Morgan fingerprint density at radius 3 is 3.00 bits per heavy atom. The van der Waals surface area contributed by atoms with Crippen LogP contribution in [-0.2, 0) is 0 Å². The van der Waals surface area contributed by atoms with Gasteiger partial charge in [0, 0.05) is 13.1 Å². The minimum Gasteiger partial charge on any atom is -0.393 e. The van der Waals surface area contributed by atoms with Gasteiger partial charge in [0.05, 0.1) is 18.7 Å². The lowest BCUT2D eigenvalue weighted by Gasteiger charge is -2.34. The summed E-state index contributed by atoms with van der Waals surface area (Å²) < 4.78 is 0. The molecule has 0 aliphatic carbocycles. The number of nitriles is 1. The van der Waals surface area contributed by atoms with E-state index in [4.69, 9.17) is 5.26 Å². The van der Waals surface area contributed by atoms with E-state index in [1.165, 1.54) is 0 Å². The smallest absolute Gasteiger partial charge is 0.0866 e. The summed E-state index contributed by atoms with van der Waals surface area (Å²) in [7, 11) is 0. The second-order valence-electron chi connectivity index (χ2n) is 3.42. The van der Waals surface area contributed by atoms with Crippen LogP contribution in [0, 0.1) is 17.2 Å². The molecule has 1 N–H and O–H groups in total. The van der Waals surface area contributed by atoms with Crippen molar-refractivity contribution in [2.24, 2.45) is 5.92 Å². The van der Waals surface area contributed by atoms with E-state index < -0.39 is 0 Å². The molecule has 0 saturated carbocycles. The standard InChI is InChI=1S/C9H16N2O/c1-2-8-7-11(6-4-10)5-3-9(8)12/h8-9,12H,2-3,5-7H2,1H3. The van der Waals surface area contributed by atoms with Gasteiger partial charge in [0.25, 0.3) is 0 Å². The highest BCUT2D eigenvalue weighted by molar-refractivity contribution is 4.84. The van der Waals surface area contributed by atoms with Gasteiger partial charge in [0.1, 0.15) is 0 Å². The maximum absolute atomic E-state index is 9.55. The summed E-state index contributed by atoms with van der Waals surface area (Å²) >= 11 is 0. The van der Waals surface area contributed by atoms with E-state index in [-0.39, 0.29) is 6.10 Å². The van der Waals surface area contributed by atoms with Gasteiger partial charge in [-0.25, -0.2) is 0 Å². The van der Waals surface area contributed by atoms with Gasteiger partial charge < -0.3 is 5.11 Å². The number of piperidine rings is 1. The zero-order chi connectivity index (χ0) is 8.97. The second kappa shape index (κ2) is 4.44.